The van der Waals surface area contributed by atoms with E-state index < -0.39 is 4.92 Å². The molecule has 0 unspecified atom stereocenters. The molecule has 0 aromatic heterocycles. The molecule has 3 aromatic rings. The van der Waals surface area contributed by atoms with Gasteiger partial charge in [0.2, 0.25) is 0 Å². The molecule has 0 aliphatic carbocycles. The van der Waals surface area contributed by atoms with Gasteiger partial charge in [-0.1, -0.05) is 48.5 Å². The lowest BCUT2D eigenvalue weighted by atomic mass is 10.0. The van der Waals surface area contributed by atoms with E-state index in [0.29, 0.717) is 17.8 Å². The molecule has 6 nitrogen and oxygen atoms in total. The Morgan fingerprint density at radius 2 is 1.68 bits per heavy atom. The van der Waals surface area contributed by atoms with E-state index in [-0.39, 0.29) is 17.0 Å². The molecular weight excluding hydrogens is 356 g/mol. The maximum Gasteiger partial charge on any atom is 0.303 e. The molecule has 0 atom stereocenters. The Labute approximate surface area is 163 Å². The molecule has 0 spiro atoms. The molecule has 0 bridgehead atoms. The Hall–Kier alpha value is -3.67. The van der Waals surface area contributed by atoms with Gasteiger partial charge in [-0.15, -0.1) is 0 Å². The number of hydrogen-bond donors (Lipinski definition) is 0. The van der Waals surface area contributed by atoms with Crippen molar-refractivity contribution in [3.05, 3.63) is 99.6 Å². The van der Waals surface area contributed by atoms with Gasteiger partial charge >= 0.3 is 5.69 Å². The Kier molecular flexibility index (Phi) is 5.69. The van der Waals surface area contributed by atoms with Gasteiger partial charge in [-0.2, -0.15) is 0 Å². The van der Waals surface area contributed by atoms with E-state index in [9.17, 15) is 14.9 Å². The zero-order valence-corrected chi connectivity index (χ0v) is 15.7. The van der Waals surface area contributed by atoms with Crippen molar-refractivity contribution in [2.24, 2.45) is 0 Å². The van der Waals surface area contributed by atoms with Crippen LogP contribution in [0.4, 0.5) is 11.4 Å². The van der Waals surface area contributed by atoms with E-state index in [1.54, 1.807) is 61.5 Å². The third kappa shape index (κ3) is 4.01. The lowest BCUT2D eigenvalue weighted by molar-refractivity contribution is -0.384. The van der Waals surface area contributed by atoms with Gasteiger partial charge in [0.05, 0.1) is 12.0 Å². The topological polar surface area (TPSA) is 72.7 Å². The Morgan fingerprint density at radius 3 is 2.29 bits per heavy atom. The number of methoxy groups -OCH3 is 1. The van der Waals surface area contributed by atoms with Crippen LogP contribution in [-0.2, 0) is 6.54 Å². The van der Waals surface area contributed by atoms with Gasteiger partial charge in [-0.05, 0) is 29.8 Å². The van der Waals surface area contributed by atoms with Crippen LogP contribution in [0, 0.1) is 10.1 Å². The maximum absolute atomic E-state index is 12.8. The molecule has 0 amide bonds. The average molecular weight is 376 g/mol. The second kappa shape index (κ2) is 8.35. The largest absolute Gasteiger partial charge is 0.497 e. The first-order chi connectivity index (χ1) is 13.5. The molecule has 0 saturated heterocycles. The first-order valence-corrected chi connectivity index (χ1v) is 8.72. The van der Waals surface area contributed by atoms with Crippen LogP contribution in [0.3, 0.4) is 0 Å². The normalized spacial score (nSPS) is 10.4. The summed E-state index contributed by atoms with van der Waals surface area (Å²) in [6.07, 6.45) is 0. The number of nitrogens with zero attached hydrogens (tertiary/aromatic N) is 2. The molecule has 0 aliphatic heterocycles. The average Bonchev–Trinajstić information content (AvgIpc) is 2.73. The lowest BCUT2D eigenvalue weighted by Gasteiger charge is -2.20. The monoisotopic (exact) mass is 376 g/mol. The Morgan fingerprint density at radius 1 is 1.00 bits per heavy atom. The number of carbonyl (C=O) groups is 1. The van der Waals surface area contributed by atoms with Crippen LogP contribution >= 0.6 is 0 Å². The predicted molar refractivity (Wildman–Crippen MR) is 108 cm³/mol. The molecule has 3 rings (SSSR count). The van der Waals surface area contributed by atoms with E-state index in [4.69, 9.17) is 4.74 Å². The van der Waals surface area contributed by atoms with Crippen LogP contribution < -0.4 is 9.64 Å². The van der Waals surface area contributed by atoms with Gasteiger partial charge in [0.25, 0.3) is 0 Å². The number of nitro benzene ring substituents is 1. The summed E-state index contributed by atoms with van der Waals surface area (Å²) in [6.45, 7) is 0.452. The second-order valence-electron chi connectivity index (χ2n) is 6.33. The van der Waals surface area contributed by atoms with Crippen LogP contribution in [0.2, 0.25) is 0 Å². The summed E-state index contributed by atoms with van der Waals surface area (Å²) in [7, 11) is 3.36. The minimum atomic E-state index is -0.490. The van der Waals surface area contributed by atoms with Crippen molar-refractivity contribution in [3.63, 3.8) is 0 Å². The molecule has 0 radical (unpaired) electrons. The molecule has 0 N–H and O–H groups in total. The summed E-state index contributed by atoms with van der Waals surface area (Å²) >= 11 is 0. The Bertz CT molecular complexity index is 985. The number of para-hydroxylation sites is 1. The number of rotatable bonds is 7. The van der Waals surface area contributed by atoms with Gasteiger partial charge in [-0.25, -0.2) is 0 Å². The minimum Gasteiger partial charge on any atom is -0.497 e. The summed E-state index contributed by atoms with van der Waals surface area (Å²) in [5.41, 5.74) is 1.67. The number of ether oxygens (including phenoxy) is 1. The maximum atomic E-state index is 12.8. The molecule has 0 heterocycles. The second-order valence-corrected chi connectivity index (χ2v) is 6.33. The van der Waals surface area contributed by atoms with E-state index in [1.807, 2.05) is 24.3 Å². The molecule has 0 saturated carbocycles. The summed E-state index contributed by atoms with van der Waals surface area (Å²) in [6, 6.07) is 20.9. The van der Waals surface area contributed by atoms with Crippen LogP contribution in [-0.4, -0.2) is 24.9 Å². The van der Waals surface area contributed by atoms with Crippen LogP contribution in [0.1, 0.15) is 21.5 Å². The fourth-order valence-corrected chi connectivity index (χ4v) is 3.05. The summed E-state index contributed by atoms with van der Waals surface area (Å²) in [5, 5.41) is 11.8. The number of hydrogen-bond acceptors (Lipinski definition) is 5. The van der Waals surface area contributed by atoms with E-state index in [1.165, 1.54) is 6.07 Å². The van der Waals surface area contributed by atoms with Gasteiger partial charge in [-0.3, -0.25) is 14.9 Å². The van der Waals surface area contributed by atoms with E-state index >= 15 is 0 Å². The molecule has 3 aromatic carbocycles. The van der Waals surface area contributed by atoms with Crippen molar-refractivity contribution in [1.82, 2.24) is 0 Å². The highest BCUT2D eigenvalue weighted by Gasteiger charge is 2.27. The van der Waals surface area contributed by atoms with Crippen molar-refractivity contribution in [3.8, 4) is 5.75 Å². The number of ketones is 1. The zero-order valence-electron chi connectivity index (χ0n) is 15.7. The van der Waals surface area contributed by atoms with Crippen molar-refractivity contribution in [1.29, 1.82) is 0 Å². The van der Waals surface area contributed by atoms with E-state index in [0.717, 1.165) is 11.3 Å². The first kappa shape index (κ1) is 19.1. The highest BCUT2D eigenvalue weighted by atomic mass is 16.6. The quantitative estimate of drug-likeness (QED) is 0.346. The van der Waals surface area contributed by atoms with Gasteiger partial charge < -0.3 is 9.64 Å². The number of benzene rings is 3. The SMILES string of the molecule is COc1ccc(CN(C)c2cccc(C(=O)c3ccccc3)c2[N+](=O)[O-])cc1. The third-order valence-corrected chi connectivity index (χ3v) is 4.47. The van der Waals surface area contributed by atoms with Crippen molar-refractivity contribution < 1.29 is 14.5 Å². The lowest BCUT2D eigenvalue weighted by Crippen LogP contribution is -2.19. The standard InChI is InChI=1S/C22H20N2O4/c1-23(15-16-11-13-18(28-2)14-12-16)20-10-6-9-19(21(20)24(26)27)22(25)17-7-4-3-5-8-17/h3-14H,15H2,1-2H3. The van der Waals surface area contributed by atoms with Crippen molar-refractivity contribution in [2.75, 3.05) is 19.1 Å². The highest BCUT2D eigenvalue weighted by molar-refractivity contribution is 6.12. The van der Waals surface area contributed by atoms with Gasteiger partial charge in [0.15, 0.2) is 5.78 Å². The van der Waals surface area contributed by atoms with Gasteiger partial charge in [0.1, 0.15) is 17.0 Å². The third-order valence-electron chi connectivity index (χ3n) is 4.47. The fraction of sp³-hybridized carbons (Fsp3) is 0.136. The van der Waals surface area contributed by atoms with Gasteiger partial charge in [0, 0.05) is 19.2 Å². The summed E-state index contributed by atoms with van der Waals surface area (Å²) < 4.78 is 5.15. The van der Waals surface area contributed by atoms with Crippen molar-refractivity contribution in [2.45, 2.75) is 6.54 Å². The van der Waals surface area contributed by atoms with Crippen LogP contribution in [0.25, 0.3) is 0 Å². The summed E-state index contributed by atoms with van der Waals surface area (Å²) in [4.78, 5) is 25.9. The highest BCUT2D eigenvalue weighted by Crippen LogP contribution is 2.33. The fourth-order valence-electron chi connectivity index (χ4n) is 3.05. The zero-order chi connectivity index (χ0) is 20.1. The Balaban J connectivity index is 1.96. The summed E-state index contributed by atoms with van der Waals surface area (Å²) in [5.74, 6) is 0.375. The van der Waals surface area contributed by atoms with Crippen LogP contribution in [0.15, 0.2) is 72.8 Å². The molecular formula is C22H20N2O4. The first-order valence-electron chi connectivity index (χ1n) is 8.72. The minimum absolute atomic E-state index is 0.0790. The molecule has 6 heteroatoms. The molecule has 28 heavy (non-hydrogen) atoms. The van der Waals surface area contributed by atoms with Crippen LogP contribution in [0.5, 0.6) is 5.75 Å². The number of nitro groups is 1. The molecule has 0 aliphatic rings. The predicted octanol–water partition coefficient (Wildman–Crippen LogP) is 4.47. The molecule has 0 fully saturated rings. The van der Waals surface area contributed by atoms with Crippen molar-refractivity contribution >= 4 is 17.2 Å². The van der Waals surface area contributed by atoms with E-state index in [2.05, 4.69) is 0 Å². The molecule has 142 valence electrons. The smallest absolute Gasteiger partial charge is 0.303 e. The number of anilines is 1. The number of carbonyl (C=O) groups excluding carboxylic acids is 1.